The molecule has 0 saturated carbocycles. The number of carbonyl (C=O) groups excluding carboxylic acids is 1. The zero-order chi connectivity index (χ0) is 17.0. The van der Waals surface area contributed by atoms with Crippen molar-refractivity contribution in [3.8, 4) is 0 Å². The first-order valence-electron chi connectivity index (χ1n) is 6.56. The van der Waals surface area contributed by atoms with Gasteiger partial charge in [0.2, 0.25) is 15.9 Å². The van der Waals surface area contributed by atoms with Crippen LogP contribution in [0.25, 0.3) is 0 Å². The van der Waals surface area contributed by atoms with Gasteiger partial charge in [-0.05, 0) is 71.1 Å². The Hall–Kier alpha value is -1.16. The first kappa shape index (κ1) is 18.2. The molecule has 0 radical (unpaired) electrons. The molecule has 0 aliphatic carbocycles. The van der Waals surface area contributed by atoms with Crippen molar-refractivity contribution in [2.24, 2.45) is 0 Å². The number of rotatable bonds is 5. The molecule has 0 unspecified atom stereocenters. The lowest BCUT2D eigenvalue weighted by atomic mass is 10.3. The Morgan fingerprint density at radius 2 is 1.70 bits per heavy atom. The topological polar surface area (TPSA) is 66.5 Å². The molecule has 23 heavy (non-hydrogen) atoms. The van der Waals surface area contributed by atoms with Gasteiger partial charge in [0.05, 0.1) is 11.4 Å². The molecule has 0 fully saturated rings. The third-order valence-electron chi connectivity index (χ3n) is 3.02. The number of hydrogen-bond donors (Lipinski definition) is 1. The van der Waals surface area contributed by atoms with Gasteiger partial charge in [-0.3, -0.25) is 4.79 Å². The van der Waals surface area contributed by atoms with E-state index >= 15 is 0 Å². The van der Waals surface area contributed by atoms with Crippen LogP contribution >= 0.6 is 34.2 Å². The highest BCUT2D eigenvalue weighted by Gasteiger charge is 2.22. The lowest BCUT2D eigenvalue weighted by Crippen LogP contribution is -2.34. The molecule has 0 atom stereocenters. The second-order valence-corrected chi connectivity index (χ2v) is 8.50. The van der Waals surface area contributed by atoms with Crippen molar-refractivity contribution in [2.45, 2.75) is 4.90 Å². The minimum atomic E-state index is -3.74. The van der Waals surface area contributed by atoms with Crippen LogP contribution in [-0.4, -0.2) is 32.2 Å². The number of nitrogens with one attached hydrogen (secondary N) is 1. The predicted octanol–water partition coefficient (Wildman–Crippen LogP) is 3.20. The molecule has 122 valence electrons. The third kappa shape index (κ3) is 4.90. The van der Waals surface area contributed by atoms with Crippen LogP contribution in [-0.2, 0) is 14.8 Å². The van der Waals surface area contributed by atoms with Crippen LogP contribution in [0.3, 0.4) is 0 Å². The van der Waals surface area contributed by atoms with Crippen molar-refractivity contribution in [1.29, 1.82) is 0 Å². The summed E-state index contributed by atoms with van der Waals surface area (Å²) in [6.07, 6.45) is 0. The summed E-state index contributed by atoms with van der Waals surface area (Å²) in [5.41, 5.74) is 0.618. The van der Waals surface area contributed by atoms with Crippen LogP contribution in [0.15, 0.2) is 53.4 Å². The number of benzene rings is 2. The van der Waals surface area contributed by atoms with E-state index in [0.717, 1.165) is 7.88 Å². The minimum Gasteiger partial charge on any atom is -0.325 e. The summed E-state index contributed by atoms with van der Waals surface area (Å²) in [4.78, 5) is 12.1. The van der Waals surface area contributed by atoms with Crippen LogP contribution < -0.4 is 5.32 Å². The highest BCUT2D eigenvalue weighted by Crippen LogP contribution is 2.17. The highest BCUT2D eigenvalue weighted by molar-refractivity contribution is 14.1. The Morgan fingerprint density at radius 3 is 2.26 bits per heavy atom. The lowest BCUT2D eigenvalue weighted by molar-refractivity contribution is -0.116. The van der Waals surface area contributed by atoms with Crippen molar-refractivity contribution in [1.82, 2.24) is 4.31 Å². The number of halogens is 2. The number of nitrogens with zero attached hydrogens (tertiary/aromatic N) is 1. The smallest absolute Gasteiger partial charge is 0.243 e. The number of anilines is 1. The molecule has 1 amide bonds. The molecule has 8 heteroatoms. The number of sulfonamides is 1. The zero-order valence-electron chi connectivity index (χ0n) is 12.2. The second kappa shape index (κ2) is 7.61. The van der Waals surface area contributed by atoms with Gasteiger partial charge in [-0.15, -0.1) is 0 Å². The maximum Gasteiger partial charge on any atom is 0.243 e. The molecule has 0 aliphatic heterocycles. The Kier molecular flexibility index (Phi) is 6.01. The Balaban J connectivity index is 2.05. The first-order chi connectivity index (χ1) is 10.8. The third-order valence-corrected chi connectivity index (χ3v) is 5.80. The monoisotopic (exact) mass is 464 g/mol. The van der Waals surface area contributed by atoms with E-state index in [0.29, 0.717) is 10.7 Å². The summed E-state index contributed by atoms with van der Waals surface area (Å²) in [6.45, 7) is -0.281. The number of hydrogen-bond acceptors (Lipinski definition) is 3. The Bertz CT molecular complexity index is 792. The maximum absolute atomic E-state index is 12.4. The fourth-order valence-electron chi connectivity index (χ4n) is 1.81. The number of carbonyl (C=O) groups is 1. The summed E-state index contributed by atoms with van der Waals surface area (Å²) in [5.74, 6) is -0.411. The van der Waals surface area contributed by atoms with Crippen LogP contribution in [0.1, 0.15) is 0 Å². The van der Waals surface area contributed by atoms with Crippen LogP contribution in [0.2, 0.25) is 5.02 Å². The molecule has 0 aliphatic rings. The molecule has 2 aromatic carbocycles. The predicted molar refractivity (Wildman–Crippen MR) is 99.1 cm³/mol. The van der Waals surface area contributed by atoms with Crippen LogP contribution in [0, 0.1) is 3.57 Å². The maximum atomic E-state index is 12.4. The van der Waals surface area contributed by atoms with E-state index in [4.69, 9.17) is 11.6 Å². The number of likely N-dealkylation sites (N-methyl/N-ethyl adjacent to an activating group) is 1. The van der Waals surface area contributed by atoms with E-state index in [9.17, 15) is 13.2 Å². The Morgan fingerprint density at radius 1 is 1.13 bits per heavy atom. The SMILES string of the molecule is CN(CC(=O)Nc1ccc(I)cc1)S(=O)(=O)c1ccc(Cl)cc1. The Labute approximate surface area is 153 Å². The van der Waals surface area contributed by atoms with E-state index in [2.05, 4.69) is 27.9 Å². The summed E-state index contributed by atoms with van der Waals surface area (Å²) in [7, 11) is -2.38. The van der Waals surface area contributed by atoms with Gasteiger partial charge >= 0.3 is 0 Å². The quantitative estimate of drug-likeness (QED) is 0.691. The minimum absolute atomic E-state index is 0.0893. The number of amides is 1. The molecule has 1 N–H and O–H groups in total. The van der Waals surface area contributed by atoms with Crippen molar-refractivity contribution in [3.63, 3.8) is 0 Å². The molecule has 0 aromatic heterocycles. The van der Waals surface area contributed by atoms with E-state index < -0.39 is 15.9 Å². The molecule has 5 nitrogen and oxygen atoms in total. The van der Waals surface area contributed by atoms with Gasteiger partial charge in [-0.25, -0.2) is 8.42 Å². The fourth-order valence-corrected chi connectivity index (χ4v) is 3.42. The molecule has 2 rings (SSSR count). The molecular weight excluding hydrogens is 451 g/mol. The average Bonchev–Trinajstić information content (AvgIpc) is 2.50. The summed E-state index contributed by atoms with van der Waals surface area (Å²) in [5, 5.41) is 3.11. The average molecular weight is 465 g/mol. The molecular formula is C15H14ClIN2O3S. The normalized spacial score (nSPS) is 11.5. The van der Waals surface area contributed by atoms with Gasteiger partial charge in [-0.2, -0.15) is 4.31 Å². The molecule has 2 aromatic rings. The van der Waals surface area contributed by atoms with Crippen molar-refractivity contribution in [3.05, 3.63) is 57.1 Å². The van der Waals surface area contributed by atoms with Crippen molar-refractivity contribution >= 4 is 55.8 Å². The van der Waals surface area contributed by atoms with E-state index in [1.54, 1.807) is 12.1 Å². The van der Waals surface area contributed by atoms with Gasteiger partial charge in [0.15, 0.2) is 0 Å². The summed E-state index contributed by atoms with van der Waals surface area (Å²) >= 11 is 7.91. The molecule has 0 heterocycles. The highest BCUT2D eigenvalue weighted by atomic mass is 127. The van der Waals surface area contributed by atoms with E-state index in [-0.39, 0.29) is 11.4 Å². The molecule has 0 saturated heterocycles. The van der Waals surface area contributed by atoms with Gasteiger partial charge in [0, 0.05) is 21.3 Å². The van der Waals surface area contributed by atoms with E-state index in [1.165, 1.54) is 31.3 Å². The van der Waals surface area contributed by atoms with Crippen LogP contribution in [0.5, 0.6) is 0 Å². The fraction of sp³-hybridized carbons (Fsp3) is 0.133. The van der Waals surface area contributed by atoms with Gasteiger partial charge < -0.3 is 5.32 Å². The van der Waals surface area contributed by atoms with E-state index in [1.807, 2.05) is 12.1 Å². The largest absolute Gasteiger partial charge is 0.325 e. The van der Waals surface area contributed by atoms with Gasteiger partial charge in [0.1, 0.15) is 0 Å². The summed E-state index contributed by atoms with van der Waals surface area (Å²) in [6, 6.07) is 13.0. The molecule has 0 bridgehead atoms. The summed E-state index contributed by atoms with van der Waals surface area (Å²) < 4.78 is 26.8. The van der Waals surface area contributed by atoms with Gasteiger partial charge in [0.25, 0.3) is 0 Å². The standard InChI is InChI=1S/C15H14ClIN2O3S/c1-19(23(21,22)14-8-2-11(16)3-9-14)10-15(20)18-13-6-4-12(17)5-7-13/h2-9H,10H2,1H3,(H,18,20). The van der Waals surface area contributed by atoms with Crippen molar-refractivity contribution in [2.75, 3.05) is 18.9 Å². The lowest BCUT2D eigenvalue weighted by Gasteiger charge is -2.17. The first-order valence-corrected chi connectivity index (χ1v) is 9.46. The van der Waals surface area contributed by atoms with Gasteiger partial charge in [-0.1, -0.05) is 11.6 Å². The zero-order valence-corrected chi connectivity index (χ0v) is 15.9. The molecule has 0 spiro atoms. The van der Waals surface area contributed by atoms with Crippen molar-refractivity contribution < 1.29 is 13.2 Å². The second-order valence-electron chi connectivity index (χ2n) is 4.77. The van der Waals surface area contributed by atoms with Crippen LogP contribution in [0.4, 0.5) is 5.69 Å².